The van der Waals surface area contributed by atoms with Crippen molar-refractivity contribution in [3.8, 4) is 0 Å². The maximum atomic E-state index is 6.03. The van der Waals surface area contributed by atoms with Gasteiger partial charge in [0, 0.05) is 18.5 Å². The molecular weight excluding hydrogens is 280 g/mol. The van der Waals surface area contributed by atoms with Crippen LogP contribution >= 0.6 is 11.6 Å². The SMILES string of the molecule is CC1CCCC(N(C)c2nc(CCl)cc3ccccc23)C1. The van der Waals surface area contributed by atoms with Crippen LogP contribution in [0.15, 0.2) is 30.3 Å². The molecule has 1 aliphatic carbocycles. The number of benzene rings is 1. The van der Waals surface area contributed by atoms with Gasteiger partial charge in [-0.1, -0.05) is 44.0 Å². The fraction of sp³-hybridized carbons (Fsp3) is 0.500. The molecule has 2 nitrogen and oxygen atoms in total. The third-order valence-corrected chi connectivity index (χ3v) is 4.97. The van der Waals surface area contributed by atoms with Crippen LogP contribution in [0.3, 0.4) is 0 Å². The Morgan fingerprint density at radius 3 is 2.86 bits per heavy atom. The summed E-state index contributed by atoms with van der Waals surface area (Å²) in [6.45, 7) is 2.36. The van der Waals surface area contributed by atoms with E-state index in [0.717, 1.165) is 17.4 Å². The number of fused-ring (bicyclic) bond motifs is 1. The van der Waals surface area contributed by atoms with Gasteiger partial charge < -0.3 is 4.90 Å². The van der Waals surface area contributed by atoms with E-state index in [2.05, 4.69) is 49.2 Å². The van der Waals surface area contributed by atoms with E-state index in [0.29, 0.717) is 11.9 Å². The van der Waals surface area contributed by atoms with Crippen molar-refractivity contribution >= 4 is 28.2 Å². The third kappa shape index (κ3) is 3.01. The Morgan fingerprint density at radius 2 is 2.10 bits per heavy atom. The van der Waals surface area contributed by atoms with Gasteiger partial charge in [-0.25, -0.2) is 4.98 Å². The van der Waals surface area contributed by atoms with E-state index in [1.54, 1.807) is 0 Å². The molecule has 1 saturated carbocycles. The molecule has 0 saturated heterocycles. The molecule has 2 atom stereocenters. The molecule has 0 bridgehead atoms. The van der Waals surface area contributed by atoms with E-state index >= 15 is 0 Å². The number of alkyl halides is 1. The Bertz CT molecular complexity index is 626. The number of hydrogen-bond donors (Lipinski definition) is 0. The molecule has 0 aliphatic heterocycles. The lowest BCUT2D eigenvalue weighted by Gasteiger charge is -2.35. The predicted octanol–water partition coefficient (Wildman–Crippen LogP) is 4.99. The van der Waals surface area contributed by atoms with Crippen LogP contribution in [0.4, 0.5) is 5.82 Å². The lowest BCUT2D eigenvalue weighted by molar-refractivity contribution is 0.336. The molecule has 0 N–H and O–H groups in total. The van der Waals surface area contributed by atoms with Gasteiger partial charge in [-0.15, -0.1) is 11.6 Å². The van der Waals surface area contributed by atoms with Crippen molar-refractivity contribution in [3.05, 3.63) is 36.0 Å². The first-order valence-corrected chi connectivity index (χ1v) is 8.40. The molecule has 0 amide bonds. The van der Waals surface area contributed by atoms with Crippen LogP contribution in [-0.4, -0.2) is 18.1 Å². The van der Waals surface area contributed by atoms with Gasteiger partial charge in [0.25, 0.3) is 0 Å². The second-order valence-electron chi connectivity index (χ2n) is 6.33. The molecule has 0 spiro atoms. The number of pyridine rings is 1. The van der Waals surface area contributed by atoms with Gasteiger partial charge in [-0.3, -0.25) is 0 Å². The summed E-state index contributed by atoms with van der Waals surface area (Å²) in [6.07, 6.45) is 5.21. The van der Waals surface area contributed by atoms with Crippen molar-refractivity contribution in [1.29, 1.82) is 0 Å². The van der Waals surface area contributed by atoms with Crippen molar-refractivity contribution in [2.75, 3.05) is 11.9 Å². The average Bonchev–Trinajstić information content (AvgIpc) is 2.53. The van der Waals surface area contributed by atoms with Gasteiger partial charge in [0.05, 0.1) is 11.6 Å². The smallest absolute Gasteiger partial charge is 0.136 e. The quantitative estimate of drug-likeness (QED) is 0.743. The van der Waals surface area contributed by atoms with Gasteiger partial charge in [-0.05, 0) is 30.2 Å². The Labute approximate surface area is 132 Å². The van der Waals surface area contributed by atoms with Crippen LogP contribution < -0.4 is 4.90 Å². The molecule has 1 aromatic heterocycles. The number of aromatic nitrogens is 1. The molecule has 3 rings (SSSR count). The first-order valence-electron chi connectivity index (χ1n) is 7.86. The van der Waals surface area contributed by atoms with Gasteiger partial charge in [0.2, 0.25) is 0 Å². The van der Waals surface area contributed by atoms with Crippen molar-refractivity contribution in [1.82, 2.24) is 4.98 Å². The zero-order valence-corrected chi connectivity index (χ0v) is 13.6. The Kier molecular flexibility index (Phi) is 4.34. The van der Waals surface area contributed by atoms with E-state index in [1.165, 1.54) is 36.5 Å². The summed E-state index contributed by atoms with van der Waals surface area (Å²) in [6, 6.07) is 11.2. The number of hydrogen-bond acceptors (Lipinski definition) is 2. The minimum atomic E-state index is 0.465. The number of rotatable bonds is 3. The highest BCUT2D eigenvalue weighted by atomic mass is 35.5. The molecule has 1 aromatic carbocycles. The standard InChI is InChI=1S/C18H23ClN2/c1-13-6-5-8-16(10-13)21(2)18-17-9-4-3-7-14(17)11-15(12-19)20-18/h3-4,7,9,11,13,16H,5-6,8,10,12H2,1-2H3. The summed E-state index contributed by atoms with van der Waals surface area (Å²) in [5.74, 6) is 2.36. The Hall–Kier alpha value is -1.28. The summed E-state index contributed by atoms with van der Waals surface area (Å²) < 4.78 is 0. The molecule has 3 heteroatoms. The Balaban J connectivity index is 2.01. The molecule has 1 fully saturated rings. The van der Waals surface area contributed by atoms with E-state index in [4.69, 9.17) is 16.6 Å². The maximum absolute atomic E-state index is 6.03. The molecular formula is C18H23ClN2. The topological polar surface area (TPSA) is 16.1 Å². The second-order valence-corrected chi connectivity index (χ2v) is 6.60. The normalized spacial score (nSPS) is 22.4. The first-order chi connectivity index (χ1) is 10.2. The third-order valence-electron chi connectivity index (χ3n) is 4.70. The highest BCUT2D eigenvalue weighted by molar-refractivity contribution is 6.17. The average molecular weight is 303 g/mol. The van der Waals surface area contributed by atoms with Gasteiger partial charge in [0.1, 0.15) is 5.82 Å². The van der Waals surface area contributed by atoms with E-state index < -0.39 is 0 Å². The van der Waals surface area contributed by atoms with E-state index in [1.807, 2.05) is 0 Å². The van der Waals surface area contributed by atoms with E-state index in [9.17, 15) is 0 Å². The monoisotopic (exact) mass is 302 g/mol. The first kappa shape index (κ1) is 14.6. The van der Waals surface area contributed by atoms with Crippen molar-refractivity contribution < 1.29 is 0 Å². The molecule has 21 heavy (non-hydrogen) atoms. The fourth-order valence-electron chi connectivity index (χ4n) is 3.50. The summed E-state index contributed by atoms with van der Waals surface area (Å²) in [5.41, 5.74) is 0.959. The van der Waals surface area contributed by atoms with Gasteiger partial charge in [0.15, 0.2) is 0 Å². The molecule has 2 unspecified atom stereocenters. The Morgan fingerprint density at radius 1 is 1.29 bits per heavy atom. The predicted molar refractivity (Wildman–Crippen MR) is 91.1 cm³/mol. The van der Waals surface area contributed by atoms with Crippen LogP contribution in [0, 0.1) is 5.92 Å². The van der Waals surface area contributed by atoms with Crippen LogP contribution in [0.25, 0.3) is 10.8 Å². The zero-order valence-electron chi connectivity index (χ0n) is 12.8. The minimum absolute atomic E-state index is 0.465. The number of halogens is 1. The summed E-state index contributed by atoms with van der Waals surface area (Å²) >= 11 is 6.03. The van der Waals surface area contributed by atoms with Crippen LogP contribution in [0.2, 0.25) is 0 Å². The summed E-state index contributed by atoms with van der Waals surface area (Å²) in [4.78, 5) is 7.20. The fourth-order valence-corrected chi connectivity index (χ4v) is 3.64. The lowest BCUT2D eigenvalue weighted by Crippen LogP contribution is -2.36. The van der Waals surface area contributed by atoms with Crippen molar-refractivity contribution in [3.63, 3.8) is 0 Å². The van der Waals surface area contributed by atoms with Crippen LogP contribution in [-0.2, 0) is 5.88 Å². The highest BCUT2D eigenvalue weighted by Gasteiger charge is 2.24. The maximum Gasteiger partial charge on any atom is 0.136 e. The zero-order chi connectivity index (χ0) is 14.8. The molecule has 2 aromatic rings. The molecule has 112 valence electrons. The highest BCUT2D eigenvalue weighted by Crippen LogP contribution is 2.32. The minimum Gasteiger partial charge on any atom is -0.356 e. The number of nitrogens with zero attached hydrogens (tertiary/aromatic N) is 2. The van der Waals surface area contributed by atoms with Crippen LogP contribution in [0.1, 0.15) is 38.3 Å². The van der Waals surface area contributed by atoms with Gasteiger partial charge in [-0.2, -0.15) is 0 Å². The van der Waals surface area contributed by atoms with Crippen molar-refractivity contribution in [2.24, 2.45) is 5.92 Å². The largest absolute Gasteiger partial charge is 0.356 e. The second kappa shape index (κ2) is 6.23. The molecule has 1 aliphatic rings. The van der Waals surface area contributed by atoms with Crippen LogP contribution in [0.5, 0.6) is 0 Å². The summed E-state index contributed by atoms with van der Waals surface area (Å²) in [5, 5.41) is 2.46. The van der Waals surface area contributed by atoms with Gasteiger partial charge >= 0.3 is 0 Å². The lowest BCUT2D eigenvalue weighted by atomic mass is 9.86. The van der Waals surface area contributed by atoms with Crippen molar-refractivity contribution in [2.45, 2.75) is 44.5 Å². The number of anilines is 1. The summed E-state index contributed by atoms with van der Waals surface area (Å²) in [7, 11) is 2.19. The molecule has 0 radical (unpaired) electrons. The molecule has 1 heterocycles. The van der Waals surface area contributed by atoms with E-state index in [-0.39, 0.29) is 0 Å².